The Morgan fingerprint density at radius 3 is 3.15 bits per heavy atom. The number of hydrogen-bond acceptors (Lipinski definition) is 3. The molecule has 0 saturated carbocycles. The lowest BCUT2D eigenvalue weighted by molar-refractivity contribution is 0.559. The first kappa shape index (κ1) is 11.3. The molecule has 0 aliphatic carbocycles. The number of nitrogens with one attached hydrogen (secondary N) is 1. The van der Waals surface area contributed by atoms with Crippen LogP contribution in [-0.2, 0) is 0 Å². The van der Waals surface area contributed by atoms with E-state index in [1.165, 1.54) is 12.2 Å². The van der Waals surface area contributed by atoms with Gasteiger partial charge in [0.05, 0.1) is 5.75 Å². The molecule has 0 aromatic rings. The Bertz CT molecular complexity index is 176. The quantitative estimate of drug-likeness (QED) is 0.555. The molecular weight excluding hydrogens is 198 g/mol. The van der Waals surface area contributed by atoms with E-state index in [4.69, 9.17) is 6.42 Å². The van der Waals surface area contributed by atoms with Crippen LogP contribution in [0.5, 0.6) is 0 Å². The summed E-state index contributed by atoms with van der Waals surface area (Å²) in [7, 11) is 0. The minimum Gasteiger partial charge on any atom is -0.312 e. The van der Waals surface area contributed by atoms with Crippen LogP contribution in [0.3, 0.4) is 0 Å². The first-order valence-corrected chi connectivity index (χ1v) is 6.89. The van der Waals surface area contributed by atoms with Crippen molar-refractivity contribution >= 4 is 23.5 Å². The van der Waals surface area contributed by atoms with E-state index in [1.54, 1.807) is 0 Å². The highest BCUT2D eigenvalue weighted by Crippen LogP contribution is 2.25. The maximum absolute atomic E-state index is 5.16. The molecule has 1 aliphatic rings. The Morgan fingerprint density at radius 2 is 2.54 bits per heavy atom. The van der Waals surface area contributed by atoms with Gasteiger partial charge in [0, 0.05) is 29.3 Å². The van der Waals surface area contributed by atoms with Crippen LogP contribution in [-0.4, -0.2) is 35.1 Å². The van der Waals surface area contributed by atoms with Gasteiger partial charge in [-0.1, -0.05) is 12.8 Å². The van der Waals surface area contributed by atoms with Gasteiger partial charge >= 0.3 is 0 Å². The average molecular weight is 215 g/mol. The van der Waals surface area contributed by atoms with E-state index < -0.39 is 0 Å². The zero-order valence-electron chi connectivity index (χ0n) is 8.08. The van der Waals surface area contributed by atoms with Gasteiger partial charge in [-0.05, 0) is 6.42 Å². The van der Waals surface area contributed by atoms with Crippen LogP contribution < -0.4 is 5.32 Å². The topological polar surface area (TPSA) is 12.0 Å². The van der Waals surface area contributed by atoms with E-state index in [0.717, 1.165) is 29.3 Å². The molecule has 3 heteroatoms. The summed E-state index contributed by atoms with van der Waals surface area (Å²) >= 11 is 3.90. The third-order valence-electron chi connectivity index (χ3n) is 2.06. The van der Waals surface area contributed by atoms with Crippen molar-refractivity contribution in [1.82, 2.24) is 5.32 Å². The number of terminal acetylenes is 1. The smallest absolute Gasteiger partial charge is 0.0545 e. The molecule has 0 bridgehead atoms. The van der Waals surface area contributed by atoms with E-state index in [-0.39, 0.29) is 0 Å². The lowest BCUT2D eigenvalue weighted by Gasteiger charge is -2.10. The Morgan fingerprint density at radius 1 is 1.69 bits per heavy atom. The zero-order chi connectivity index (χ0) is 9.52. The monoisotopic (exact) mass is 215 g/mol. The SMILES string of the molecule is C#CCSCCNC1CSC(C)C1. The van der Waals surface area contributed by atoms with Crippen LogP contribution in [0, 0.1) is 12.3 Å². The number of rotatable bonds is 5. The first-order chi connectivity index (χ1) is 6.33. The Kier molecular flexibility index (Phi) is 5.77. The molecule has 0 spiro atoms. The summed E-state index contributed by atoms with van der Waals surface area (Å²) in [6.07, 6.45) is 6.48. The number of hydrogen-bond donors (Lipinski definition) is 1. The molecule has 0 aromatic carbocycles. The standard InChI is InChI=1S/C10H17NS2/c1-3-5-12-6-4-11-10-7-9(2)13-8-10/h1,9-11H,4-8H2,2H3. The summed E-state index contributed by atoms with van der Waals surface area (Å²) in [5.41, 5.74) is 0. The van der Waals surface area contributed by atoms with E-state index in [1.807, 2.05) is 11.8 Å². The summed E-state index contributed by atoms with van der Waals surface area (Å²) in [6, 6.07) is 0.742. The molecule has 1 saturated heterocycles. The van der Waals surface area contributed by atoms with Gasteiger partial charge in [-0.2, -0.15) is 11.8 Å². The van der Waals surface area contributed by atoms with Gasteiger partial charge in [-0.15, -0.1) is 18.2 Å². The van der Waals surface area contributed by atoms with Crippen molar-refractivity contribution < 1.29 is 0 Å². The second kappa shape index (κ2) is 6.64. The van der Waals surface area contributed by atoms with Crippen molar-refractivity contribution in [2.24, 2.45) is 0 Å². The van der Waals surface area contributed by atoms with Gasteiger partial charge in [-0.3, -0.25) is 0 Å². The van der Waals surface area contributed by atoms with Gasteiger partial charge < -0.3 is 5.32 Å². The largest absolute Gasteiger partial charge is 0.312 e. The van der Waals surface area contributed by atoms with E-state index in [0.29, 0.717) is 0 Å². The van der Waals surface area contributed by atoms with Crippen LogP contribution in [0.15, 0.2) is 0 Å². The lowest BCUT2D eigenvalue weighted by Crippen LogP contribution is -2.30. The molecule has 74 valence electrons. The van der Waals surface area contributed by atoms with E-state index in [2.05, 4.69) is 29.9 Å². The van der Waals surface area contributed by atoms with Crippen molar-refractivity contribution in [2.45, 2.75) is 24.6 Å². The molecule has 1 aliphatic heterocycles. The third kappa shape index (κ3) is 4.85. The van der Waals surface area contributed by atoms with Crippen LogP contribution in [0.4, 0.5) is 0 Å². The fourth-order valence-electron chi connectivity index (χ4n) is 1.43. The highest BCUT2D eigenvalue weighted by Gasteiger charge is 2.20. The maximum atomic E-state index is 5.16. The van der Waals surface area contributed by atoms with Crippen molar-refractivity contribution in [2.75, 3.05) is 23.8 Å². The van der Waals surface area contributed by atoms with Crippen molar-refractivity contribution in [3.05, 3.63) is 0 Å². The molecular formula is C10H17NS2. The highest BCUT2D eigenvalue weighted by atomic mass is 32.2. The predicted molar refractivity (Wildman–Crippen MR) is 64.5 cm³/mol. The predicted octanol–water partition coefficient (Wildman–Crippen LogP) is 1.84. The van der Waals surface area contributed by atoms with Gasteiger partial charge in [0.25, 0.3) is 0 Å². The summed E-state index contributed by atoms with van der Waals surface area (Å²) < 4.78 is 0. The van der Waals surface area contributed by atoms with Crippen LogP contribution >= 0.6 is 23.5 Å². The minimum atomic E-state index is 0.742. The molecule has 13 heavy (non-hydrogen) atoms. The second-order valence-corrected chi connectivity index (χ2v) is 5.86. The van der Waals surface area contributed by atoms with Crippen LogP contribution in [0.2, 0.25) is 0 Å². The molecule has 1 fully saturated rings. The summed E-state index contributed by atoms with van der Waals surface area (Å²) in [5, 5.41) is 4.40. The third-order valence-corrected chi connectivity index (χ3v) is 4.28. The molecule has 1 rings (SSSR count). The Balaban J connectivity index is 1.92. The molecule has 0 amide bonds. The molecule has 2 atom stereocenters. The highest BCUT2D eigenvalue weighted by molar-refractivity contribution is 8.00. The van der Waals surface area contributed by atoms with Gasteiger partial charge in [0.2, 0.25) is 0 Å². The Hall–Kier alpha value is 0.220. The summed E-state index contributed by atoms with van der Waals surface area (Å²) in [5.74, 6) is 5.90. The van der Waals surface area contributed by atoms with Crippen LogP contribution in [0.25, 0.3) is 0 Å². The van der Waals surface area contributed by atoms with Crippen molar-refractivity contribution in [3.8, 4) is 12.3 Å². The van der Waals surface area contributed by atoms with Crippen molar-refractivity contribution in [3.63, 3.8) is 0 Å². The Labute approximate surface area is 89.8 Å². The van der Waals surface area contributed by atoms with Crippen molar-refractivity contribution in [1.29, 1.82) is 0 Å². The second-order valence-electron chi connectivity index (χ2n) is 3.29. The molecule has 1 N–H and O–H groups in total. The first-order valence-electron chi connectivity index (χ1n) is 4.69. The number of thioether (sulfide) groups is 2. The van der Waals surface area contributed by atoms with Gasteiger partial charge in [-0.25, -0.2) is 0 Å². The minimum absolute atomic E-state index is 0.742. The molecule has 1 heterocycles. The van der Waals surface area contributed by atoms with Crippen LogP contribution in [0.1, 0.15) is 13.3 Å². The molecule has 1 nitrogen and oxygen atoms in total. The lowest BCUT2D eigenvalue weighted by atomic mass is 10.2. The normalized spacial score (nSPS) is 27.4. The van der Waals surface area contributed by atoms with Gasteiger partial charge in [0.15, 0.2) is 0 Å². The molecule has 2 unspecified atom stereocenters. The zero-order valence-corrected chi connectivity index (χ0v) is 9.72. The van der Waals surface area contributed by atoms with E-state index in [9.17, 15) is 0 Å². The summed E-state index contributed by atoms with van der Waals surface area (Å²) in [4.78, 5) is 0. The molecule has 0 aromatic heterocycles. The molecule has 0 radical (unpaired) electrons. The van der Waals surface area contributed by atoms with Gasteiger partial charge in [0.1, 0.15) is 0 Å². The summed E-state index contributed by atoms with van der Waals surface area (Å²) in [6.45, 7) is 3.41. The fraction of sp³-hybridized carbons (Fsp3) is 0.800. The fourth-order valence-corrected chi connectivity index (χ4v) is 3.13. The van der Waals surface area contributed by atoms with E-state index >= 15 is 0 Å². The average Bonchev–Trinajstić information content (AvgIpc) is 2.51. The maximum Gasteiger partial charge on any atom is 0.0545 e.